The van der Waals surface area contributed by atoms with Crippen LogP contribution in [0.2, 0.25) is 0 Å². The lowest BCUT2D eigenvalue weighted by atomic mass is 9.81. The fourth-order valence-electron chi connectivity index (χ4n) is 5.93. The van der Waals surface area contributed by atoms with Crippen molar-refractivity contribution in [2.75, 3.05) is 0 Å². The summed E-state index contributed by atoms with van der Waals surface area (Å²) in [6.07, 6.45) is 9.38. The molecule has 1 amide bonds. The Hall–Kier alpha value is -3.17. The zero-order valence-electron chi connectivity index (χ0n) is 27.9. The van der Waals surface area contributed by atoms with E-state index in [9.17, 15) is 24.6 Å². The highest BCUT2D eigenvalue weighted by atomic mass is 16.6. The number of ether oxygens (including phenoxy) is 3. The third-order valence-corrected chi connectivity index (χ3v) is 8.28. The van der Waals surface area contributed by atoms with Crippen molar-refractivity contribution in [3.05, 3.63) is 60.3 Å². The first-order chi connectivity index (χ1) is 20.5. The fourth-order valence-corrected chi connectivity index (χ4v) is 5.93. The van der Waals surface area contributed by atoms with Crippen LogP contribution >= 0.6 is 0 Å². The molecule has 1 aliphatic heterocycles. The third kappa shape index (κ3) is 12.8. The first-order valence-electron chi connectivity index (χ1n) is 15.5. The van der Waals surface area contributed by atoms with E-state index in [-0.39, 0.29) is 47.9 Å². The number of hydrogen-bond acceptors (Lipinski definition) is 8. The Balaban J connectivity index is 2.93. The van der Waals surface area contributed by atoms with E-state index in [1.807, 2.05) is 66.7 Å². The van der Waals surface area contributed by atoms with Crippen LogP contribution in [0, 0.1) is 35.5 Å². The van der Waals surface area contributed by atoms with Gasteiger partial charge in [-0.15, -0.1) is 0 Å². The lowest BCUT2D eigenvalue weighted by molar-refractivity contribution is -0.155. The molecule has 1 heterocycles. The number of rotatable bonds is 17. The summed E-state index contributed by atoms with van der Waals surface area (Å²) in [5, 5.41) is 21.6. The molecular weight excluding hydrogens is 562 g/mol. The summed E-state index contributed by atoms with van der Waals surface area (Å²) in [7, 11) is 0. The molecule has 9 heteroatoms. The van der Waals surface area contributed by atoms with Crippen LogP contribution in [0.3, 0.4) is 0 Å². The molecular formula is C35H55NO8. The summed E-state index contributed by atoms with van der Waals surface area (Å²) in [6, 6.07) is 0. The molecule has 4 N–H and O–H groups in total. The molecule has 0 aromatic carbocycles. The van der Waals surface area contributed by atoms with Crippen molar-refractivity contribution in [1.29, 1.82) is 0 Å². The number of cyclic esters (lactones) is 1. The van der Waals surface area contributed by atoms with Gasteiger partial charge in [-0.3, -0.25) is 4.79 Å². The van der Waals surface area contributed by atoms with Gasteiger partial charge in [-0.1, -0.05) is 96.2 Å². The van der Waals surface area contributed by atoms with Crippen molar-refractivity contribution in [3.8, 4) is 0 Å². The van der Waals surface area contributed by atoms with Crippen LogP contribution in [0.15, 0.2) is 60.3 Å². The molecule has 0 fully saturated rings. The molecule has 0 aliphatic carbocycles. The van der Waals surface area contributed by atoms with Crippen molar-refractivity contribution < 1.29 is 38.8 Å². The Morgan fingerprint density at radius 2 is 1.66 bits per heavy atom. The number of nitrogens with two attached hydrogens (primary N) is 1. The number of primary amides is 1. The van der Waals surface area contributed by atoms with E-state index in [1.165, 1.54) is 6.92 Å². The average Bonchev–Trinajstić information content (AvgIpc) is 2.93. The van der Waals surface area contributed by atoms with Gasteiger partial charge in [0.05, 0.1) is 12.2 Å². The van der Waals surface area contributed by atoms with Gasteiger partial charge < -0.3 is 30.2 Å². The van der Waals surface area contributed by atoms with Gasteiger partial charge in [-0.05, 0) is 26.2 Å². The van der Waals surface area contributed by atoms with E-state index in [1.54, 1.807) is 31.2 Å². The highest BCUT2D eigenvalue weighted by molar-refractivity contribution is 5.88. The number of carbonyl (C=O) groups is 3. The molecule has 248 valence electrons. The third-order valence-electron chi connectivity index (χ3n) is 8.28. The minimum Gasteiger partial charge on any atom is -0.462 e. The molecule has 0 saturated carbocycles. The SMILES string of the molecule is C=C/C=C\[C@H](C)[C@H](OC(N)=O)[C@@H](C)[C@H](OC(C)=O)[C@@H](C)C/C(C)=C\[C@H](C)[C@@H](O)[C@@H](C)/C=C\[C@@H](O)C[C@@H]1OC(=O)C(C)=C[C@H]1C. The molecule has 11 atom stereocenters. The van der Waals surface area contributed by atoms with E-state index < -0.39 is 42.6 Å². The summed E-state index contributed by atoms with van der Waals surface area (Å²) < 4.78 is 16.7. The number of allylic oxidation sites excluding steroid dienone is 3. The Labute approximate surface area is 263 Å². The molecule has 0 unspecified atom stereocenters. The predicted molar refractivity (Wildman–Crippen MR) is 172 cm³/mol. The van der Waals surface area contributed by atoms with Gasteiger partial charge in [0.2, 0.25) is 0 Å². The van der Waals surface area contributed by atoms with E-state index in [2.05, 4.69) is 6.58 Å². The first kappa shape index (κ1) is 38.9. The largest absolute Gasteiger partial charge is 0.462 e. The highest BCUT2D eigenvalue weighted by Gasteiger charge is 2.36. The molecule has 0 aromatic rings. The van der Waals surface area contributed by atoms with Crippen molar-refractivity contribution in [1.82, 2.24) is 0 Å². The topological polar surface area (TPSA) is 145 Å². The Morgan fingerprint density at radius 1 is 1.02 bits per heavy atom. The molecule has 0 spiro atoms. The summed E-state index contributed by atoms with van der Waals surface area (Å²) >= 11 is 0. The van der Waals surface area contributed by atoms with Crippen molar-refractivity contribution in [2.24, 2.45) is 41.2 Å². The minimum atomic E-state index is -0.899. The lowest BCUT2D eigenvalue weighted by Gasteiger charge is -2.35. The quantitative estimate of drug-likeness (QED) is 0.0802. The Bertz CT molecular complexity index is 1090. The van der Waals surface area contributed by atoms with Gasteiger partial charge in [0.1, 0.15) is 18.3 Å². The fraction of sp³-hybridized carbons (Fsp3) is 0.629. The van der Waals surface area contributed by atoms with Crippen LogP contribution < -0.4 is 5.73 Å². The van der Waals surface area contributed by atoms with Gasteiger partial charge in [0.15, 0.2) is 0 Å². The number of carbonyl (C=O) groups excluding carboxylic acids is 3. The van der Waals surface area contributed by atoms with Gasteiger partial charge in [-0.25, -0.2) is 9.59 Å². The maximum absolute atomic E-state index is 12.1. The summed E-state index contributed by atoms with van der Waals surface area (Å²) in [5.74, 6) is -1.94. The molecule has 1 aliphatic rings. The van der Waals surface area contributed by atoms with Crippen LogP contribution in [0.25, 0.3) is 0 Å². The molecule has 0 saturated heterocycles. The normalized spacial score (nSPS) is 23.8. The first-order valence-corrected chi connectivity index (χ1v) is 15.5. The maximum Gasteiger partial charge on any atom is 0.404 e. The van der Waals surface area contributed by atoms with Crippen LogP contribution in [-0.4, -0.2) is 58.8 Å². The molecule has 0 bridgehead atoms. The standard InChI is InChI=1S/C35H55NO8/c1-11-12-13-22(4)32(44-35(36)41)27(9)33(42-28(10)37)25(7)17-20(2)16-24(6)31(39)21(3)14-15-29(38)19-30-23(5)18-26(8)34(40)43-30/h11-16,18,21-25,27,29-33,38-39H,1,17,19H2,2-10H3,(H2,36,41)/b13-12-,15-14-,20-16-/t21-,22-,23+,24-,25-,27+,29+,30-,31-,32-,33+/m0/s1. The number of aliphatic hydroxyl groups is 2. The smallest absolute Gasteiger partial charge is 0.404 e. The summed E-state index contributed by atoms with van der Waals surface area (Å²) in [5.41, 5.74) is 6.96. The molecule has 9 nitrogen and oxygen atoms in total. The van der Waals surface area contributed by atoms with E-state index in [0.29, 0.717) is 12.0 Å². The average molecular weight is 618 g/mol. The highest BCUT2D eigenvalue weighted by Crippen LogP contribution is 2.31. The second-order valence-corrected chi connectivity index (χ2v) is 12.6. The predicted octanol–water partition coefficient (Wildman–Crippen LogP) is 5.82. The number of amides is 1. The van der Waals surface area contributed by atoms with Gasteiger partial charge >= 0.3 is 18.0 Å². The second kappa shape index (κ2) is 18.6. The lowest BCUT2D eigenvalue weighted by Crippen LogP contribution is -2.43. The van der Waals surface area contributed by atoms with Crippen molar-refractivity contribution in [3.63, 3.8) is 0 Å². The van der Waals surface area contributed by atoms with Gasteiger partial charge in [0, 0.05) is 48.5 Å². The molecule has 1 rings (SSSR count). The van der Waals surface area contributed by atoms with Crippen LogP contribution in [0.4, 0.5) is 4.79 Å². The van der Waals surface area contributed by atoms with E-state index >= 15 is 0 Å². The zero-order valence-corrected chi connectivity index (χ0v) is 27.9. The van der Waals surface area contributed by atoms with Gasteiger partial charge in [-0.2, -0.15) is 0 Å². The summed E-state index contributed by atoms with van der Waals surface area (Å²) in [4.78, 5) is 35.7. The number of aliphatic hydroxyl groups excluding tert-OH is 2. The monoisotopic (exact) mass is 617 g/mol. The molecule has 0 radical (unpaired) electrons. The Morgan fingerprint density at radius 3 is 2.23 bits per heavy atom. The minimum absolute atomic E-state index is 0.0109. The second-order valence-electron chi connectivity index (χ2n) is 12.6. The number of hydrogen-bond donors (Lipinski definition) is 3. The molecule has 0 aromatic heterocycles. The van der Waals surface area contributed by atoms with Crippen LogP contribution in [-0.2, 0) is 23.8 Å². The maximum atomic E-state index is 12.1. The van der Waals surface area contributed by atoms with Crippen molar-refractivity contribution >= 4 is 18.0 Å². The van der Waals surface area contributed by atoms with Crippen LogP contribution in [0.1, 0.15) is 75.2 Å². The van der Waals surface area contributed by atoms with Crippen LogP contribution in [0.5, 0.6) is 0 Å². The molecule has 44 heavy (non-hydrogen) atoms. The van der Waals surface area contributed by atoms with Crippen molar-refractivity contribution in [2.45, 2.75) is 106 Å². The van der Waals surface area contributed by atoms with Gasteiger partial charge in [0.25, 0.3) is 0 Å². The van der Waals surface area contributed by atoms with E-state index in [0.717, 1.165) is 5.57 Å². The zero-order chi connectivity index (χ0) is 33.7. The summed E-state index contributed by atoms with van der Waals surface area (Å²) in [6.45, 7) is 20.2. The van der Waals surface area contributed by atoms with E-state index in [4.69, 9.17) is 19.9 Å². The Kier molecular flexibility index (Phi) is 16.4. The number of esters is 2.